The predicted molar refractivity (Wildman–Crippen MR) is 124 cm³/mol. The van der Waals surface area contributed by atoms with E-state index in [4.69, 9.17) is 9.47 Å². The van der Waals surface area contributed by atoms with E-state index >= 15 is 0 Å². The van der Waals surface area contributed by atoms with Crippen molar-refractivity contribution in [2.24, 2.45) is 5.41 Å². The van der Waals surface area contributed by atoms with Gasteiger partial charge in [-0.1, -0.05) is 19.9 Å². The number of carbonyl (C=O) groups excluding carboxylic acids is 1. The number of benzene rings is 2. The number of allylic oxidation sites excluding steroid dienone is 1. The molecule has 2 aliphatic rings. The number of Topliss-reactive ketones (excluding diaryl/α,β-unsaturated/α-hetero) is 1. The topological polar surface area (TPSA) is 80.7 Å². The summed E-state index contributed by atoms with van der Waals surface area (Å²) in [6.45, 7) is 4.28. The number of nitrogens with one attached hydrogen (secondary N) is 1. The molecule has 0 unspecified atom stereocenters. The van der Waals surface area contributed by atoms with Crippen LogP contribution >= 0.6 is 0 Å². The Morgan fingerprint density at radius 2 is 1.81 bits per heavy atom. The summed E-state index contributed by atoms with van der Waals surface area (Å²) >= 11 is 0. The zero-order valence-electron chi connectivity index (χ0n) is 18.7. The first kappa shape index (κ1) is 20.4. The highest BCUT2D eigenvalue weighted by Gasteiger charge is 2.41. The largest absolute Gasteiger partial charge is 0.502 e. The zero-order chi connectivity index (χ0) is 22.6. The van der Waals surface area contributed by atoms with Crippen LogP contribution in [0.25, 0.3) is 16.5 Å². The normalized spacial score (nSPS) is 19.2. The number of pyridine rings is 1. The number of phenols is 1. The third-order valence-electron chi connectivity index (χ3n) is 6.43. The molecule has 2 aromatic carbocycles. The van der Waals surface area contributed by atoms with Crippen molar-refractivity contribution < 1.29 is 19.4 Å². The van der Waals surface area contributed by atoms with Crippen molar-refractivity contribution in [1.82, 2.24) is 4.98 Å². The van der Waals surface area contributed by atoms with Crippen LogP contribution in [0.3, 0.4) is 0 Å². The number of hydrogen-bond donors (Lipinski definition) is 2. The number of hydrogen-bond acceptors (Lipinski definition) is 6. The van der Waals surface area contributed by atoms with Gasteiger partial charge in [-0.05, 0) is 53.3 Å². The molecule has 1 aliphatic carbocycles. The average molecular weight is 431 g/mol. The fraction of sp³-hybridized carbons (Fsp3) is 0.308. The van der Waals surface area contributed by atoms with Gasteiger partial charge in [0, 0.05) is 34.8 Å². The minimum atomic E-state index is -0.376. The summed E-state index contributed by atoms with van der Waals surface area (Å²) in [5.41, 5.74) is 5.42. The Bertz CT molecular complexity index is 1270. The number of ketones is 1. The summed E-state index contributed by atoms with van der Waals surface area (Å²) in [5.74, 6) is 0.685. The van der Waals surface area contributed by atoms with Gasteiger partial charge in [0.2, 0.25) is 5.75 Å². The van der Waals surface area contributed by atoms with Crippen LogP contribution in [0.1, 0.15) is 43.9 Å². The lowest BCUT2D eigenvalue weighted by atomic mass is 9.68. The highest BCUT2D eigenvalue weighted by Crippen LogP contribution is 2.53. The number of aromatic hydroxyl groups is 1. The summed E-state index contributed by atoms with van der Waals surface area (Å²) < 4.78 is 10.8. The minimum absolute atomic E-state index is 0.0580. The van der Waals surface area contributed by atoms with E-state index < -0.39 is 0 Å². The molecule has 2 heterocycles. The van der Waals surface area contributed by atoms with Crippen LogP contribution in [0.15, 0.2) is 48.2 Å². The summed E-state index contributed by atoms with van der Waals surface area (Å²) in [6.07, 6.45) is 3.06. The first-order valence-electron chi connectivity index (χ1n) is 10.7. The van der Waals surface area contributed by atoms with Crippen LogP contribution in [-0.2, 0) is 4.79 Å². The molecule has 0 spiro atoms. The Hall–Kier alpha value is -3.54. The second kappa shape index (κ2) is 7.26. The van der Waals surface area contributed by atoms with Crippen LogP contribution in [0.2, 0.25) is 0 Å². The van der Waals surface area contributed by atoms with Crippen molar-refractivity contribution in [1.29, 1.82) is 0 Å². The smallest absolute Gasteiger partial charge is 0.200 e. The van der Waals surface area contributed by atoms with Gasteiger partial charge in [-0.2, -0.15) is 0 Å². The van der Waals surface area contributed by atoms with Crippen molar-refractivity contribution >= 4 is 27.9 Å². The Kier molecular flexibility index (Phi) is 4.62. The predicted octanol–water partition coefficient (Wildman–Crippen LogP) is 5.27. The lowest BCUT2D eigenvalue weighted by Crippen LogP contribution is -2.33. The van der Waals surface area contributed by atoms with Crippen LogP contribution in [0, 0.1) is 5.41 Å². The maximum absolute atomic E-state index is 13.5. The van der Waals surface area contributed by atoms with Gasteiger partial charge in [-0.3, -0.25) is 9.78 Å². The van der Waals surface area contributed by atoms with E-state index in [1.807, 2.05) is 18.2 Å². The van der Waals surface area contributed by atoms with Gasteiger partial charge in [-0.15, -0.1) is 0 Å². The molecule has 0 amide bonds. The Balaban J connectivity index is 1.79. The third kappa shape index (κ3) is 3.09. The zero-order valence-corrected chi connectivity index (χ0v) is 18.7. The lowest BCUT2D eigenvalue weighted by Gasteiger charge is -2.40. The van der Waals surface area contributed by atoms with Gasteiger partial charge in [0.25, 0.3) is 0 Å². The van der Waals surface area contributed by atoms with Gasteiger partial charge in [0.05, 0.1) is 25.8 Å². The molecule has 32 heavy (non-hydrogen) atoms. The van der Waals surface area contributed by atoms with Crippen molar-refractivity contribution in [3.8, 4) is 17.2 Å². The first-order valence-corrected chi connectivity index (χ1v) is 10.7. The van der Waals surface area contributed by atoms with Gasteiger partial charge in [-0.25, -0.2) is 0 Å². The number of methoxy groups -OCH3 is 2. The summed E-state index contributed by atoms with van der Waals surface area (Å²) in [6, 6.07) is 11.2. The molecule has 1 aromatic heterocycles. The summed E-state index contributed by atoms with van der Waals surface area (Å²) in [7, 11) is 3.00. The molecule has 6 heteroatoms. The number of anilines is 1. The Labute approximate surface area is 186 Å². The highest BCUT2D eigenvalue weighted by molar-refractivity contribution is 6.12. The maximum Gasteiger partial charge on any atom is 0.200 e. The molecule has 1 aliphatic heterocycles. The lowest BCUT2D eigenvalue weighted by molar-refractivity contribution is -0.118. The molecule has 1 atom stereocenters. The second-order valence-electron chi connectivity index (χ2n) is 9.24. The molecular weight excluding hydrogens is 404 g/mol. The number of aromatic nitrogens is 1. The maximum atomic E-state index is 13.5. The van der Waals surface area contributed by atoms with Gasteiger partial charge in [0.1, 0.15) is 0 Å². The van der Waals surface area contributed by atoms with E-state index in [0.717, 1.165) is 45.3 Å². The fourth-order valence-electron chi connectivity index (χ4n) is 5.05. The number of carbonyl (C=O) groups is 1. The van der Waals surface area contributed by atoms with E-state index in [9.17, 15) is 9.90 Å². The van der Waals surface area contributed by atoms with Gasteiger partial charge < -0.3 is 19.9 Å². The quantitative estimate of drug-likeness (QED) is 0.589. The van der Waals surface area contributed by atoms with E-state index in [1.165, 1.54) is 14.2 Å². The van der Waals surface area contributed by atoms with E-state index in [-0.39, 0.29) is 23.0 Å². The average Bonchev–Trinajstić information content (AvgIpc) is 2.77. The molecule has 0 saturated heterocycles. The molecule has 0 saturated carbocycles. The number of fused-ring (bicyclic) bond motifs is 4. The molecule has 3 aromatic rings. The van der Waals surface area contributed by atoms with Gasteiger partial charge in [0.15, 0.2) is 17.3 Å². The van der Waals surface area contributed by atoms with E-state index in [0.29, 0.717) is 17.9 Å². The molecule has 5 rings (SSSR count). The first-order chi connectivity index (χ1) is 15.3. The monoisotopic (exact) mass is 430 g/mol. The van der Waals surface area contributed by atoms with Crippen molar-refractivity contribution in [3.05, 3.63) is 59.3 Å². The molecule has 2 N–H and O–H groups in total. The standard InChI is InChI=1S/C26H26N2O4/c1-26(2)12-16-22-15-6-5-9-27-17(15)7-8-18(22)28-24(23(16)19(29)13-26)14-10-20(31-3)25(30)21(11-14)32-4/h5-11,24,28,30H,12-13H2,1-4H3/t24-/m0/s1. The van der Waals surface area contributed by atoms with Crippen molar-refractivity contribution in [3.63, 3.8) is 0 Å². The summed E-state index contributed by atoms with van der Waals surface area (Å²) in [4.78, 5) is 18.0. The molecular formula is C26H26N2O4. The number of rotatable bonds is 3. The molecule has 6 nitrogen and oxygen atoms in total. The highest BCUT2D eigenvalue weighted by atomic mass is 16.5. The molecule has 0 bridgehead atoms. The Morgan fingerprint density at radius 3 is 2.50 bits per heavy atom. The third-order valence-corrected chi connectivity index (χ3v) is 6.43. The van der Waals surface area contributed by atoms with Crippen molar-refractivity contribution in [2.45, 2.75) is 32.7 Å². The SMILES string of the molecule is COc1cc([C@@H]2Nc3ccc4ncccc4c3C3=C2C(=O)CC(C)(C)C3)cc(OC)c1O. The van der Waals surface area contributed by atoms with Crippen LogP contribution in [0.4, 0.5) is 5.69 Å². The Morgan fingerprint density at radius 1 is 1.09 bits per heavy atom. The van der Waals surface area contributed by atoms with Crippen LogP contribution in [-0.4, -0.2) is 30.1 Å². The fourth-order valence-corrected chi connectivity index (χ4v) is 5.05. The minimum Gasteiger partial charge on any atom is -0.502 e. The second-order valence-corrected chi connectivity index (χ2v) is 9.24. The molecule has 0 fully saturated rings. The van der Waals surface area contributed by atoms with Crippen LogP contribution < -0.4 is 14.8 Å². The summed E-state index contributed by atoms with van der Waals surface area (Å²) in [5, 5.41) is 15.0. The van der Waals surface area contributed by atoms with Crippen LogP contribution in [0.5, 0.6) is 17.2 Å². The van der Waals surface area contributed by atoms with Gasteiger partial charge >= 0.3 is 0 Å². The number of phenolic OH excluding ortho intramolecular Hbond substituents is 1. The van der Waals surface area contributed by atoms with E-state index in [1.54, 1.807) is 18.3 Å². The number of ether oxygens (including phenoxy) is 2. The van der Waals surface area contributed by atoms with E-state index in [2.05, 4.69) is 30.2 Å². The molecule has 0 radical (unpaired) electrons. The number of nitrogens with zero attached hydrogens (tertiary/aromatic N) is 1. The molecule has 164 valence electrons. The van der Waals surface area contributed by atoms with Crippen molar-refractivity contribution in [2.75, 3.05) is 19.5 Å².